The zero-order valence-corrected chi connectivity index (χ0v) is 15.4. The van der Waals surface area contributed by atoms with Crippen LogP contribution in [0.1, 0.15) is 9.67 Å². The van der Waals surface area contributed by atoms with Crippen LogP contribution in [0.3, 0.4) is 0 Å². The minimum atomic E-state index is -3.95. The lowest BCUT2D eigenvalue weighted by Gasteiger charge is -2.33. The molecule has 138 valence electrons. The van der Waals surface area contributed by atoms with E-state index in [2.05, 4.69) is 0 Å². The Bertz CT molecular complexity index is 904. The Labute approximate surface area is 154 Å². The number of Topliss-reactive ketones (excluding diaryl/α,β-unsaturated/α-hetero) is 1. The molecule has 3 rings (SSSR count). The number of nitro benzene ring substituents is 1. The molecule has 1 saturated heterocycles. The summed E-state index contributed by atoms with van der Waals surface area (Å²) in [6.07, 6.45) is 0. The lowest BCUT2D eigenvalue weighted by molar-refractivity contribution is -0.387. The number of hydrogen-bond acceptors (Lipinski definition) is 7. The van der Waals surface area contributed by atoms with Crippen LogP contribution in [-0.2, 0) is 10.0 Å². The molecule has 10 heteroatoms. The molecule has 0 amide bonds. The number of rotatable bonds is 6. The average molecular weight is 395 g/mol. The number of nitrogens with zero attached hydrogens (tertiary/aromatic N) is 3. The van der Waals surface area contributed by atoms with Crippen molar-refractivity contribution < 1.29 is 18.1 Å². The van der Waals surface area contributed by atoms with Gasteiger partial charge in [0.25, 0.3) is 5.69 Å². The zero-order chi connectivity index (χ0) is 18.7. The van der Waals surface area contributed by atoms with Gasteiger partial charge in [0.15, 0.2) is 10.7 Å². The summed E-state index contributed by atoms with van der Waals surface area (Å²) in [4.78, 5) is 24.9. The number of carbonyl (C=O) groups is 1. The second-order valence-corrected chi connectivity index (χ2v) is 8.66. The topological polar surface area (TPSA) is 101 Å². The first-order valence-corrected chi connectivity index (χ1v) is 10.2. The highest BCUT2D eigenvalue weighted by Gasteiger charge is 2.33. The van der Waals surface area contributed by atoms with Gasteiger partial charge in [0.2, 0.25) is 10.0 Å². The SMILES string of the molecule is O=C(CN1CCN(S(=O)(=O)c2ccccc2[N+](=O)[O-])CC1)c1cccs1. The fourth-order valence-electron chi connectivity index (χ4n) is 2.81. The molecule has 0 aliphatic carbocycles. The first-order valence-electron chi connectivity index (χ1n) is 7.92. The highest BCUT2D eigenvalue weighted by molar-refractivity contribution is 7.89. The van der Waals surface area contributed by atoms with E-state index >= 15 is 0 Å². The Morgan fingerprint density at radius 3 is 2.42 bits per heavy atom. The third-order valence-electron chi connectivity index (χ3n) is 4.17. The number of sulfonamides is 1. The van der Waals surface area contributed by atoms with Crippen LogP contribution in [0, 0.1) is 10.1 Å². The second kappa shape index (κ2) is 7.62. The van der Waals surface area contributed by atoms with Crippen LogP contribution >= 0.6 is 11.3 Å². The van der Waals surface area contributed by atoms with Crippen molar-refractivity contribution in [3.05, 3.63) is 56.8 Å². The molecular weight excluding hydrogens is 378 g/mol. The monoisotopic (exact) mass is 395 g/mol. The molecule has 1 aliphatic rings. The smallest absolute Gasteiger partial charge is 0.289 e. The summed E-state index contributed by atoms with van der Waals surface area (Å²) < 4.78 is 26.8. The molecule has 0 bridgehead atoms. The molecule has 1 aliphatic heterocycles. The molecule has 0 saturated carbocycles. The normalized spacial score (nSPS) is 16.5. The van der Waals surface area contributed by atoms with Crippen LogP contribution < -0.4 is 0 Å². The summed E-state index contributed by atoms with van der Waals surface area (Å²) in [5.41, 5.74) is -0.428. The van der Waals surface area contributed by atoms with Crippen molar-refractivity contribution in [2.45, 2.75) is 4.90 Å². The molecule has 1 fully saturated rings. The van der Waals surface area contributed by atoms with E-state index < -0.39 is 20.6 Å². The van der Waals surface area contributed by atoms with Gasteiger partial charge in [-0.15, -0.1) is 11.3 Å². The minimum absolute atomic E-state index is 0.00926. The summed E-state index contributed by atoms with van der Waals surface area (Å²) in [6, 6.07) is 8.92. The Kier molecular flexibility index (Phi) is 5.47. The maximum Gasteiger partial charge on any atom is 0.289 e. The van der Waals surface area contributed by atoms with Crippen molar-refractivity contribution in [3.8, 4) is 0 Å². The van der Waals surface area contributed by atoms with E-state index in [-0.39, 0.29) is 30.3 Å². The molecule has 26 heavy (non-hydrogen) atoms. The third-order valence-corrected chi connectivity index (χ3v) is 7.03. The lowest BCUT2D eigenvalue weighted by Crippen LogP contribution is -2.49. The first-order chi connectivity index (χ1) is 12.4. The third kappa shape index (κ3) is 3.83. The van der Waals surface area contributed by atoms with Crippen LogP contribution in [-0.4, -0.2) is 61.1 Å². The predicted molar refractivity (Wildman–Crippen MR) is 96.9 cm³/mol. The molecule has 0 N–H and O–H groups in total. The number of carbonyl (C=O) groups excluding carboxylic acids is 1. The van der Waals surface area contributed by atoms with Crippen LogP contribution in [0.25, 0.3) is 0 Å². The molecule has 0 atom stereocenters. The van der Waals surface area contributed by atoms with Crippen molar-refractivity contribution in [2.24, 2.45) is 0 Å². The second-order valence-electron chi connectivity index (χ2n) is 5.81. The van der Waals surface area contributed by atoms with E-state index in [1.54, 1.807) is 6.07 Å². The number of piperazine rings is 1. The van der Waals surface area contributed by atoms with E-state index in [0.29, 0.717) is 18.0 Å². The fourth-order valence-corrected chi connectivity index (χ4v) is 5.05. The molecule has 8 nitrogen and oxygen atoms in total. The van der Waals surface area contributed by atoms with Crippen LogP contribution in [0.4, 0.5) is 5.69 Å². The molecule has 2 aromatic rings. The van der Waals surface area contributed by atoms with Crippen LogP contribution in [0.5, 0.6) is 0 Å². The van der Waals surface area contributed by atoms with Gasteiger partial charge in [-0.2, -0.15) is 4.31 Å². The Balaban J connectivity index is 1.68. The van der Waals surface area contributed by atoms with Gasteiger partial charge in [0.1, 0.15) is 0 Å². The van der Waals surface area contributed by atoms with Gasteiger partial charge in [-0.1, -0.05) is 18.2 Å². The van der Waals surface area contributed by atoms with Crippen LogP contribution in [0.15, 0.2) is 46.7 Å². The molecule has 2 heterocycles. The number of hydrogen-bond donors (Lipinski definition) is 0. The van der Waals surface area contributed by atoms with E-state index in [9.17, 15) is 23.3 Å². The standard InChI is InChI=1S/C16H17N3O5S2/c20-14(15-5-3-11-25-15)12-17-7-9-18(10-8-17)26(23,24)16-6-2-1-4-13(16)19(21)22/h1-6,11H,7-10,12H2. The van der Waals surface area contributed by atoms with E-state index in [1.165, 1.54) is 39.9 Å². The molecule has 0 radical (unpaired) electrons. The van der Waals surface area contributed by atoms with Crippen molar-refractivity contribution >= 4 is 32.8 Å². The molecule has 0 spiro atoms. The lowest BCUT2D eigenvalue weighted by atomic mass is 10.2. The van der Waals surface area contributed by atoms with Gasteiger partial charge in [0, 0.05) is 32.2 Å². The van der Waals surface area contributed by atoms with Gasteiger partial charge in [-0.05, 0) is 17.5 Å². The fraction of sp³-hybridized carbons (Fsp3) is 0.312. The van der Waals surface area contributed by atoms with E-state index in [0.717, 1.165) is 0 Å². The van der Waals surface area contributed by atoms with Crippen LogP contribution in [0.2, 0.25) is 0 Å². The van der Waals surface area contributed by atoms with Gasteiger partial charge in [-0.3, -0.25) is 19.8 Å². The minimum Gasteiger partial charge on any atom is -0.293 e. The molecule has 0 unspecified atom stereocenters. The summed E-state index contributed by atoms with van der Waals surface area (Å²) in [5, 5.41) is 13.0. The summed E-state index contributed by atoms with van der Waals surface area (Å²) in [6.45, 7) is 1.41. The Morgan fingerprint density at radius 2 is 1.81 bits per heavy atom. The summed E-state index contributed by atoms with van der Waals surface area (Å²) in [7, 11) is -3.95. The largest absolute Gasteiger partial charge is 0.293 e. The van der Waals surface area contributed by atoms with E-state index in [4.69, 9.17) is 0 Å². The highest BCUT2D eigenvalue weighted by atomic mass is 32.2. The quantitative estimate of drug-likeness (QED) is 0.420. The zero-order valence-electron chi connectivity index (χ0n) is 13.8. The predicted octanol–water partition coefficient (Wildman–Crippen LogP) is 1.85. The van der Waals surface area contributed by atoms with Crippen molar-refractivity contribution in [1.29, 1.82) is 0 Å². The summed E-state index contributed by atoms with van der Waals surface area (Å²) >= 11 is 1.38. The van der Waals surface area contributed by atoms with E-state index in [1.807, 2.05) is 16.3 Å². The maximum absolute atomic E-state index is 12.8. The number of nitro groups is 1. The molecule has 1 aromatic heterocycles. The Morgan fingerprint density at radius 1 is 1.12 bits per heavy atom. The number of para-hydroxylation sites is 1. The van der Waals surface area contributed by atoms with Gasteiger partial charge in [0.05, 0.1) is 16.3 Å². The van der Waals surface area contributed by atoms with Crippen molar-refractivity contribution in [3.63, 3.8) is 0 Å². The molecule has 1 aromatic carbocycles. The van der Waals surface area contributed by atoms with Crippen molar-refractivity contribution in [2.75, 3.05) is 32.7 Å². The maximum atomic E-state index is 12.8. The number of thiophene rings is 1. The van der Waals surface area contributed by atoms with Gasteiger partial charge >= 0.3 is 0 Å². The molecular formula is C16H17N3O5S2. The average Bonchev–Trinajstić information content (AvgIpc) is 3.17. The van der Waals surface area contributed by atoms with Gasteiger partial charge < -0.3 is 0 Å². The summed E-state index contributed by atoms with van der Waals surface area (Å²) in [5.74, 6) is 0.00926. The van der Waals surface area contributed by atoms with Gasteiger partial charge in [-0.25, -0.2) is 8.42 Å². The number of ketones is 1. The number of benzene rings is 1. The Hall–Kier alpha value is -2.14. The van der Waals surface area contributed by atoms with Crippen molar-refractivity contribution in [1.82, 2.24) is 9.21 Å². The first kappa shape index (κ1) is 18.6. The highest BCUT2D eigenvalue weighted by Crippen LogP contribution is 2.27.